The van der Waals surface area contributed by atoms with Gasteiger partial charge in [-0.2, -0.15) is 0 Å². The van der Waals surface area contributed by atoms with Crippen LogP contribution in [0.15, 0.2) is 72.8 Å². The average molecular weight is 334 g/mol. The normalized spacial score (nSPS) is 10.7. The number of benzene rings is 3. The summed E-state index contributed by atoms with van der Waals surface area (Å²) in [6, 6.07) is 24.5. The molecular weight excluding hydrogens is 315 g/mol. The predicted octanol–water partition coefficient (Wildman–Crippen LogP) is 6.56. The molecule has 0 spiro atoms. The van der Waals surface area contributed by atoms with E-state index in [0.29, 0.717) is 5.75 Å². The molecule has 0 amide bonds. The molecule has 0 radical (unpaired) electrons. The van der Waals surface area contributed by atoms with E-state index in [2.05, 4.69) is 37.3 Å². The van der Waals surface area contributed by atoms with Crippen molar-refractivity contribution in [3.8, 4) is 28.0 Å². The summed E-state index contributed by atoms with van der Waals surface area (Å²) in [6.45, 7) is 2.17. The standard InChI is InChI=1S/C21H19O2P/c1-2-9-19-18(16-10-5-3-6-11-16)14-15-20(23-24-22)21(19)17-12-7-4-8-13-17/h3-8,10-15H,2,9H2,1H3. The van der Waals surface area contributed by atoms with E-state index in [1.54, 1.807) is 0 Å². The van der Waals surface area contributed by atoms with Crippen LogP contribution in [0.3, 0.4) is 0 Å². The van der Waals surface area contributed by atoms with Gasteiger partial charge in [-0.1, -0.05) is 80.1 Å². The van der Waals surface area contributed by atoms with E-state index in [0.717, 1.165) is 24.0 Å². The largest absolute Gasteiger partial charge is 0.407 e. The highest BCUT2D eigenvalue weighted by Gasteiger charge is 2.17. The maximum atomic E-state index is 11.1. The SMILES string of the molecule is CCCc1c(-c2ccccc2)ccc(OP=O)c1-c1ccccc1. The Morgan fingerprint density at radius 2 is 1.46 bits per heavy atom. The molecule has 120 valence electrons. The van der Waals surface area contributed by atoms with Crippen LogP contribution in [0.4, 0.5) is 0 Å². The van der Waals surface area contributed by atoms with Gasteiger partial charge < -0.3 is 4.52 Å². The Hall–Kier alpha value is -2.44. The van der Waals surface area contributed by atoms with E-state index in [4.69, 9.17) is 4.52 Å². The van der Waals surface area contributed by atoms with Gasteiger partial charge in [0.05, 0.1) is 0 Å². The molecule has 3 heteroatoms. The van der Waals surface area contributed by atoms with Gasteiger partial charge >= 0.3 is 8.69 Å². The van der Waals surface area contributed by atoms with Gasteiger partial charge in [-0.25, -0.2) is 4.57 Å². The van der Waals surface area contributed by atoms with Crippen molar-refractivity contribution in [1.29, 1.82) is 0 Å². The lowest BCUT2D eigenvalue weighted by molar-refractivity contribution is 0.525. The van der Waals surface area contributed by atoms with Gasteiger partial charge in [-0.3, -0.25) is 0 Å². The van der Waals surface area contributed by atoms with Crippen LogP contribution in [0.25, 0.3) is 22.3 Å². The molecule has 0 atom stereocenters. The molecule has 0 bridgehead atoms. The smallest absolute Gasteiger partial charge is 0.395 e. The number of hydrogen-bond acceptors (Lipinski definition) is 2. The molecule has 0 aliphatic heterocycles. The lowest BCUT2D eigenvalue weighted by atomic mass is 9.89. The van der Waals surface area contributed by atoms with Crippen LogP contribution in [0.2, 0.25) is 0 Å². The second-order valence-corrected chi connectivity index (χ2v) is 5.94. The summed E-state index contributed by atoms with van der Waals surface area (Å²) in [7, 11) is -0.335. The molecule has 2 nitrogen and oxygen atoms in total. The predicted molar refractivity (Wildman–Crippen MR) is 99.5 cm³/mol. The quantitative estimate of drug-likeness (QED) is 0.477. The monoisotopic (exact) mass is 334 g/mol. The molecule has 3 aromatic carbocycles. The fourth-order valence-corrected chi connectivity index (χ4v) is 3.29. The average Bonchev–Trinajstić information content (AvgIpc) is 2.64. The third-order valence-electron chi connectivity index (χ3n) is 4.06. The molecule has 0 saturated carbocycles. The topological polar surface area (TPSA) is 26.3 Å². The van der Waals surface area contributed by atoms with Crippen molar-refractivity contribution < 1.29 is 9.09 Å². The molecule has 0 aliphatic rings. The summed E-state index contributed by atoms with van der Waals surface area (Å²) < 4.78 is 16.4. The van der Waals surface area contributed by atoms with Crippen LogP contribution in [-0.2, 0) is 11.0 Å². The van der Waals surface area contributed by atoms with E-state index < -0.39 is 0 Å². The summed E-state index contributed by atoms with van der Waals surface area (Å²) >= 11 is 0. The molecule has 3 aromatic rings. The van der Waals surface area contributed by atoms with E-state index >= 15 is 0 Å². The molecule has 0 aliphatic carbocycles. The zero-order valence-electron chi connectivity index (χ0n) is 13.6. The third kappa shape index (κ3) is 3.39. The van der Waals surface area contributed by atoms with Gasteiger partial charge in [-0.15, -0.1) is 0 Å². The Labute approximate surface area is 144 Å². The Morgan fingerprint density at radius 1 is 0.833 bits per heavy atom. The highest BCUT2D eigenvalue weighted by atomic mass is 31.1. The van der Waals surface area contributed by atoms with Gasteiger partial charge in [0, 0.05) is 5.56 Å². The van der Waals surface area contributed by atoms with Crippen molar-refractivity contribution in [3.05, 3.63) is 78.4 Å². The number of rotatable bonds is 6. The van der Waals surface area contributed by atoms with Crippen LogP contribution in [0.5, 0.6) is 5.75 Å². The molecular formula is C21H19O2P. The minimum absolute atomic E-state index is 0.335. The second-order valence-electron chi connectivity index (χ2n) is 5.61. The van der Waals surface area contributed by atoms with Gasteiger partial charge in [-0.05, 0) is 34.7 Å². The van der Waals surface area contributed by atoms with Gasteiger partial charge in [0.2, 0.25) is 0 Å². The Bertz CT molecular complexity index is 814. The van der Waals surface area contributed by atoms with Crippen LogP contribution in [0.1, 0.15) is 18.9 Å². The van der Waals surface area contributed by atoms with E-state index in [-0.39, 0.29) is 8.69 Å². The van der Waals surface area contributed by atoms with Crippen LogP contribution in [-0.4, -0.2) is 0 Å². The maximum Gasteiger partial charge on any atom is 0.395 e. The molecule has 0 N–H and O–H groups in total. The molecule has 24 heavy (non-hydrogen) atoms. The van der Waals surface area contributed by atoms with Crippen molar-refractivity contribution in [2.75, 3.05) is 0 Å². The van der Waals surface area contributed by atoms with Gasteiger partial charge in [0.25, 0.3) is 0 Å². The fourth-order valence-electron chi connectivity index (χ4n) is 3.06. The van der Waals surface area contributed by atoms with E-state index in [1.807, 2.05) is 42.5 Å². The van der Waals surface area contributed by atoms with Crippen LogP contribution < -0.4 is 4.52 Å². The number of hydrogen-bond donors (Lipinski definition) is 0. The second kappa shape index (κ2) is 7.90. The summed E-state index contributed by atoms with van der Waals surface area (Å²) in [5.41, 5.74) is 5.73. The van der Waals surface area contributed by atoms with Crippen molar-refractivity contribution in [3.63, 3.8) is 0 Å². The zero-order valence-corrected chi connectivity index (χ0v) is 14.5. The minimum Gasteiger partial charge on any atom is -0.407 e. The Morgan fingerprint density at radius 3 is 2.04 bits per heavy atom. The summed E-state index contributed by atoms with van der Waals surface area (Å²) in [6.07, 6.45) is 1.96. The third-order valence-corrected chi connectivity index (χ3v) is 4.33. The van der Waals surface area contributed by atoms with Crippen molar-refractivity contribution >= 4 is 8.69 Å². The molecule has 0 heterocycles. The molecule has 0 fully saturated rings. The first-order valence-corrected chi connectivity index (χ1v) is 8.84. The fraction of sp³-hybridized carbons (Fsp3) is 0.143. The minimum atomic E-state index is -0.335. The van der Waals surface area contributed by atoms with Gasteiger partial charge in [0.15, 0.2) is 0 Å². The lowest BCUT2D eigenvalue weighted by Gasteiger charge is -2.18. The highest BCUT2D eigenvalue weighted by molar-refractivity contribution is 7.17. The molecule has 0 unspecified atom stereocenters. The van der Waals surface area contributed by atoms with Crippen molar-refractivity contribution in [2.24, 2.45) is 0 Å². The van der Waals surface area contributed by atoms with Crippen molar-refractivity contribution in [1.82, 2.24) is 0 Å². The van der Waals surface area contributed by atoms with Gasteiger partial charge in [0.1, 0.15) is 5.75 Å². The summed E-state index contributed by atoms with van der Waals surface area (Å²) in [5, 5.41) is 0. The molecule has 0 aromatic heterocycles. The maximum absolute atomic E-state index is 11.1. The first kappa shape index (κ1) is 16.4. The molecule has 3 rings (SSSR count). The summed E-state index contributed by atoms with van der Waals surface area (Å²) in [5.74, 6) is 0.654. The Balaban J connectivity index is 2.28. The van der Waals surface area contributed by atoms with Crippen LogP contribution in [0, 0.1) is 0 Å². The summed E-state index contributed by atoms with van der Waals surface area (Å²) in [4.78, 5) is 0. The van der Waals surface area contributed by atoms with E-state index in [9.17, 15) is 4.57 Å². The molecule has 0 saturated heterocycles. The zero-order chi connectivity index (χ0) is 16.8. The highest BCUT2D eigenvalue weighted by Crippen LogP contribution is 2.40. The first-order valence-electron chi connectivity index (χ1n) is 8.11. The van der Waals surface area contributed by atoms with Crippen molar-refractivity contribution in [2.45, 2.75) is 19.8 Å². The first-order chi connectivity index (χ1) is 11.8. The lowest BCUT2D eigenvalue weighted by Crippen LogP contribution is -1.97. The Kier molecular flexibility index (Phi) is 5.40. The van der Waals surface area contributed by atoms with Crippen LogP contribution >= 0.6 is 8.69 Å². The van der Waals surface area contributed by atoms with E-state index in [1.165, 1.54) is 16.7 Å².